The minimum Gasteiger partial charge on any atom is -0.508 e. The van der Waals surface area contributed by atoms with E-state index in [2.05, 4.69) is 5.32 Å². The Kier molecular flexibility index (Phi) is 4.38. The Morgan fingerprint density at radius 2 is 1.75 bits per heavy atom. The average Bonchev–Trinajstić information content (AvgIpc) is 2.44. The number of hydrogen-bond acceptors (Lipinski definition) is 3. The van der Waals surface area contributed by atoms with E-state index >= 15 is 0 Å². The van der Waals surface area contributed by atoms with Crippen molar-refractivity contribution >= 4 is 11.6 Å². The predicted molar refractivity (Wildman–Crippen MR) is 77.5 cm³/mol. The molecule has 0 saturated heterocycles. The summed E-state index contributed by atoms with van der Waals surface area (Å²) in [6.45, 7) is 1.85. The lowest BCUT2D eigenvalue weighted by atomic mass is 10.1. The molecule has 2 rings (SSSR count). The standard InChI is InChI=1S/C16H17NO3/c1-11-2-3-13(10-18)8-15(11)17-16(20)9-12-4-6-14(19)7-5-12/h2-8,18-19H,9-10H2,1H3,(H,17,20). The molecule has 104 valence electrons. The number of anilines is 1. The Bertz CT molecular complexity index is 606. The van der Waals surface area contributed by atoms with Crippen LogP contribution >= 0.6 is 0 Å². The second kappa shape index (κ2) is 6.21. The molecule has 0 saturated carbocycles. The molecule has 4 heteroatoms. The Labute approximate surface area is 117 Å². The van der Waals surface area contributed by atoms with Crippen LogP contribution in [-0.2, 0) is 17.8 Å². The maximum absolute atomic E-state index is 12.0. The number of carbonyl (C=O) groups excluding carboxylic acids is 1. The highest BCUT2D eigenvalue weighted by molar-refractivity contribution is 5.93. The molecule has 20 heavy (non-hydrogen) atoms. The number of phenols is 1. The fraction of sp³-hybridized carbons (Fsp3) is 0.188. The number of benzene rings is 2. The molecule has 2 aromatic carbocycles. The quantitative estimate of drug-likeness (QED) is 0.799. The molecular formula is C16H17NO3. The van der Waals surface area contributed by atoms with Gasteiger partial charge in [0.1, 0.15) is 5.75 Å². The van der Waals surface area contributed by atoms with Crippen LogP contribution in [0.3, 0.4) is 0 Å². The van der Waals surface area contributed by atoms with Gasteiger partial charge in [0.15, 0.2) is 0 Å². The average molecular weight is 271 g/mol. The number of aliphatic hydroxyl groups is 1. The molecule has 0 fully saturated rings. The van der Waals surface area contributed by atoms with Crippen molar-refractivity contribution in [1.82, 2.24) is 0 Å². The first kappa shape index (κ1) is 14.1. The summed E-state index contributed by atoms with van der Waals surface area (Å²) in [7, 11) is 0. The van der Waals surface area contributed by atoms with Crippen molar-refractivity contribution < 1.29 is 15.0 Å². The third-order valence-corrected chi connectivity index (χ3v) is 3.06. The van der Waals surface area contributed by atoms with E-state index in [1.807, 2.05) is 19.1 Å². The number of rotatable bonds is 4. The van der Waals surface area contributed by atoms with Crippen LogP contribution in [0.15, 0.2) is 42.5 Å². The molecule has 0 atom stereocenters. The Morgan fingerprint density at radius 3 is 2.40 bits per heavy atom. The maximum atomic E-state index is 12.0. The first-order valence-corrected chi connectivity index (χ1v) is 6.36. The van der Waals surface area contributed by atoms with Gasteiger partial charge in [-0.3, -0.25) is 4.79 Å². The number of aliphatic hydroxyl groups excluding tert-OH is 1. The third kappa shape index (κ3) is 3.59. The molecule has 0 heterocycles. The summed E-state index contributed by atoms with van der Waals surface area (Å²) in [5.74, 6) is 0.0505. The highest BCUT2D eigenvalue weighted by atomic mass is 16.3. The topological polar surface area (TPSA) is 69.6 Å². The molecule has 0 spiro atoms. The second-order valence-electron chi connectivity index (χ2n) is 4.70. The summed E-state index contributed by atoms with van der Waals surface area (Å²) < 4.78 is 0. The van der Waals surface area contributed by atoms with E-state index < -0.39 is 0 Å². The van der Waals surface area contributed by atoms with Gasteiger partial charge < -0.3 is 15.5 Å². The van der Waals surface area contributed by atoms with Crippen LogP contribution in [0.5, 0.6) is 5.75 Å². The zero-order valence-corrected chi connectivity index (χ0v) is 11.3. The molecule has 0 aromatic heterocycles. The minimum atomic E-state index is -0.131. The van der Waals surface area contributed by atoms with E-state index in [0.29, 0.717) is 5.69 Å². The Morgan fingerprint density at radius 1 is 1.10 bits per heavy atom. The maximum Gasteiger partial charge on any atom is 0.228 e. The molecule has 3 N–H and O–H groups in total. The van der Waals surface area contributed by atoms with E-state index in [1.165, 1.54) is 0 Å². The zero-order valence-electron chi connectivity index (χ0n) is 11.3. The van der Waals surface area contributed by atoms with Crippen molar-refractivity contribution in [3.63, 3.8) is 0 Å². The number of nitrogens with one attached hydrogen (secondary N) is 1. The van der Waals surface area contributed by atoms with Crippen LogP contribution in [-0.4, -0.2) is 16.1 Å². The molecule has 4 nitrogen and oxygen atoms in total. The lowest BCUT2D eigenvalue weighted by Crippen LogP contribution is -2.15. The van der Waals surface area contributed by atoms with Crippen LogP contribution in [0.25, 0.3) is 0 Å². The fourth-order valence-corrected chi connectivity index (χ4v) is 1.90. The van der Waals surface area contributed by atoms with E-state index in [0.717, 1.165) is 16.7 Å². The van der Waals surface area contributed by atoms with Gasteiger partial charge in [-0.15, -0.1) is 0 Å². The zero-order chi connectivity index (χ0) is 14.5. The van der Waals surface area contributed by atoms with Gasteiger partial charge in [-0.25, -0.2) is 0 Å². The minimum absolute atomic E-state index is 0.0545. The van der Waals surface area contributed by atoms with E-state index in [4.69, 9.17) is 5.11 Å². The normalized spacial score (nSPS) is 10.3. The molecule has 0 unspecified atom stereocenters. The molecule has 0 aliphatic rings. The first-order valence-electron chi connectivity index (χ1n) is 6.36. The third-order valence-electron chi connectivity index (χ3n) is 3.06. The largest absolute Gasteiger partial charge is 0.508 e. The molecule has 0 aliphatic carbocycles. The summed E-state index contributed by atoms with van der Waals surface area (Å²) in [6, 6.07) is 12.0. The van der Waals surface area contributed by atoms with Gasteiger partial charge in [0, 0.05) is 5.69 Å². The van der Waals surface area contributed by atoms with Gasteiger partial charge in [0.05, 0.1) is 13.0 Å². The van der Waals surface area contributed by atoms with Crippen LogP contribution in [0.1, 0.15) is 16.7 Å². The Hall–Kier alpha value is -2.33. The van der Waals surface area contributed by atoms with Crippen molar-refractivity contribution in [1.29, 1.82) is 0 Å². The number of aromatic hydroxyl groups is 1. The summed E-state index contributed by atoms with van der Waals surface area (Å²) >= 11 is 0. The number of aryl methyl sites for hydroxylation is 1. The number of amides is 1. The fourth-order valence-electron chi connectivity index (χ4n) is 1.90. The predicted octanol–water partition coefficient (Wildman–Crippen LogP) is 2.37. The van der Waals surface area contributed by atoms with Gasteiger partial charge in [-0.1, -0.05) is 24.3 Å². The summed E-state index contributed by atoms with van der Waals surface area (Å²) in [5, 5.41) is 21.1. The first-order chi connectivity index (χ1) is 9.58. The van der Waals surface area contributed by atoms with Gasteiger partial charge in [0.2, 0.25) is 5.91 Å². The smallest absolute Gasteiger partial charge is 0.228 e. The van der Waals surface area contributed by atoms with Gasteiger partial charge in [0.25, 0.3) is 0 Å². The highest BCUT2D eigenvalue weighted by Crippen LogP contribution is 2.18. The highest BCUT2D eigenvalue weighted by Gasteiger charge is 2.07. The summed E-state index contributed by atoms with van der Waals surface area (Å²) in [5.41, 5.74) is 3.24. The van der Waals surface area contributed by atoms with Crippen molar-refractivity contribution in [3.8, 4) is 5.75 Å². The molecule has 0 radical (unpaired) electrons. The van der Waals surface area contributed by atoms with Gasteiger partial charge in [-0.05, 0) is 41.8 Å². The molecular weight excluding hydrogens is 254 g/mol. The van der Waals surface area contributed by atoms with Crippen molar-refractivity contribution in [2.75, 3.05) is 5.32 Å². The van der Waals surface area contributed by atoms with E-state index in [1.54, 1.807) is 30.3 Å². The van der Waals surface area contributed by atoms with Crippen LogP contribution in [0.4, 0.5) is 5.69 Å². The molecule has 1 amide bonds. The van der Waals surface area contributed by atoms with Crippen LogP contribution in [0.2, 0.25) is 0 Å². The van der Waals surface area contributed by atoms with Crippen molar-refractivity contribution in [3.05, 3.63) is 59.2 Å². The number of phenolic OH excluding ortho intramolecular Hbond substituents is 1. The SMILES string of the molecule is Cc1ccc(CO)cc1NC(=O)Cc1ccc(O)cc1. The van der Waals surface area contributed by atoms with Crippen molar-refractivity contribution in [2.24, 2.45) is 0 Å². The lowest BCUT2D eigenvalue weighted by Gasteiger charge is -2.10. The van der Waals surface area contributed by atoms with Crippen molar-refractivity contribution in [2.45, 2.75) is 20.0 Å². The molecule has 0 bridgehead atoms. The van der Waals surface area contributed by atoms with Gasteiger partial charge >= 0.3 is 0 Å². The summed E-state index contributed by atoms with van der Waals surface area (Å²) in [6.07, 6.45) is 0.239. The molecule has 0 aliphatic heterocycles. The number of carbonyl (C=O) groups is 1. The van der Waals surface area contributed by atoms with E-state index in [9.17, 15) is 9.90 Å². The second-order valence-corrected chi connectivity index (χ2v) is 4.70. The van der Waals surface area contributed by atoms with Gasteiger partial charge in [-0.2, -0.15) is 0 Å². The number of hydrogen-bond donors (Lipinski definition) is 3. The monoisotopic (exact) mass is 271 g/mol. The van der Waals surface area contributed by atoms with Crippen LogP contribution in [0, 0.1) is 6.92 Å². The van der Waals surface area contributed by atoms with E-state index in [-0.39, 0.29) is 24.7 Å². The summed E-state index contributed by atoms with van der Waals surface area (Å²) in [4.78, 5) is 12.0. The Balaban J connectivity index is 2.06. The lowest BCUT2D eigenvalue weighted by molar-refractivity contribution is -0.115. The van der Waals surface area contributed by atoms with Crippen LogP contribution < -0.4 is 5.32 Å². The molecule has 2 aromatic rings.